The Balaban J connectivity index is 1.84. The molecule has 0 atom stereocenters. The number of carboxylic acids is 1. The maximum absolute atomic E-state index is 11.1. The predicted octanol–water partition coefficient (Wildman–Crippen LogP) is 2.30. The van der Waals surface area contributed by atoms with Crippen molar-refractivity contribution in [3.63, 3.8) is 0 Å². The number of pyridine rings is 1. The van der Waals surface area contributed by atoms with E-state index in [0.29, 0.717) is 10.6 Å². The van der Waals surface area contributed by atoms with Gasteiger partial charge in [0.25, 0.3) is 0 Å². The molecular formula is C16H13N2O2S-. The fourth-order valence-corrected chi connectivity index (χ4v) is 3.11. The standard InChI is InChI=1S/C16H14N2O2S/c1-11-5-4-8-15-17-12(9-18(11)15)10-21-14-7-3-2-6-13(14)16(19)20/h2-9H,10H2,1H3,(H,19,20)/p-1. The van der Waals surface area contributed by atoms with Gasteiger partial charge >= 0.3 is 0 Å². The second-order valence-electron chi connectivity index (χ2n) is 4.70. The molecule has 0 aliphatic heterocycles. The molecule has 0 saturated heterocycles. The topological polar surface area (TPSA) is 57.4 Å². The fourth-order valence-electron chi connectivity index (χ4n) is 2.18. The van der Waals surface area contributed by atoms with E-state index < -0.39 is 5.97 Å². The number of carbonyl (C=O) groups is 1. The van der Waals surface area contributed by atoms with Crippen LogP contribution in [0.15, 0.2) is 53.6 Å². The molecule has 0 N–H and O–H groups in total. The largest absolute Gasteiger partial charge is 0.545 e. The Labute approximate surface area is 126 Å². The molecule has 2 heterocycles. The number of thioether (sulfide) groups is 1. The van der Waals surface area contributed by atoms with Crippen LogP contribution < -0.4 is 5.11 Å². The van der Waals surface area contributed by atoms with Crippen LogP contribution in [-0.2, 0) is 5.75 Å². The van der Waals surface area contributed by atoms with Gasteiger partial charge in [-0.2, -0.15) is 0 Å². The molecule has 0 bridgehead atoms. The van der Waals surface area contributed by atoms with Gasteiger partial charge in [-0.15, -0.1) is 11.8 Å². The lowest BCUT2D eigenvalue weighted by molar-refractivity contribution is -0.255. The molecule has 0 fully saturated rings. The van der Waals surface area contributed by atoms with Crippen LogP contribution in [-0.4, -0.2) is 15.4 Å². The number of benzene rings is 1. The molecule has 4 nitrogen and oxygen atoms in total. The van der Waals surface area contributed by atoms with E-state index in [4.69, 9.17) is 0 Å². The van der Waals surface area contributed by atoms with E-state index in [1.165, 1.54) is 11.8 Å². The minimum Gasteiger partial charge on any atom is -0.545 e. The molecule has 0 saturated carbocycles. The molecule has 3 aromatic rings. The number of nitrogens with zero attached hydrogens (tertiary/aromatic N) is 2. The van der Waals surface area contributed by atoms with Crippen LogP contribution in [0.3, 0.4) is 0 Å². The van der Waals surface area contributed by atoms with Crippen molar-refractivity contribution in [2.24, 2.45) is 0 Å². The normalized spacial score (nSPS) is 10.9. The van der Waals surface area contributed by atoms with Gasteiger partial charge in [0.1, 0.15) is 5.65 Å². The van der Waals surface area contributed by atoms with E-state index in [1.807, 2.05) is 41.8 Å². The summed E-state index contributed by atoms with van der Waals surface area (Å²) in [5, 5.41) is 11.1. The molecule has 0 amide bonds. The molecule has 0 radical (unpaired) electrons. The third-order valence-electron chi connectivity index (χ3n) is 3.23. The number of carbonyl (C=O) groups excluding carboxylic acids is 1. The lowest BCUT2D eigenvalue weighted by atomic mass is 10.2. The summed E-state index contributed by atoms with van der Waals surface area (Å²) in [5.41, 5.74) is 3.16. The zero-order valence-corrected chi connectivity index (χ0v) is 12.3. The van der Waals surface area contributed by atoms with Crippen molar-refractivity contribution in [2.45, 2.75) is 17.6 Å². The monoisotopic (exact) mass is 297 g/mol. The quantitative estimate of drug-likeness (QED) is 0.693. The first-order valence-corrected chi connectivity index (χ1v) is 7.50. The minimum atomic E-state index is -1.15. The van der Waals surface area contributed by atoms with Crippen LogP contribution in [0.25, 0.3) is 5.65 Å². The molecule has 106 valence electrons. The third-order valence-corrected chi connectivity index (χ3v) is 4.34. The summed E-state index contributed by atoms with van der Waals surface area (Å²) in [6.45, 7) is 2.02. The van der Waals surface area contributed by atoms with Gasteiger partial charge in [-0.1, -0.05) is 24.3 Å². The number of rotatable bonds is 4. The molecule has 3 rings (SSSR count). The molecular weight excluding hydrogens is 284 g/mol. The number of aryl methyl sites for hydroxylation is 1. The average Bonchev–Trinajstić information content (AvgIpc) is 2.90. The van der Waals surface area contributed by atoms with Gasteiger partial charge < -0.3 is 14.3 Å². The van der Waals surface area contributed by atoms with Gasteiger partial charge in [0.15, 0.2) is 0 Å². The number of carboxylic acid groups (broad SMARTS) is 1. The maximum atomic E-state index is 11.1. The van der Waals surface area contributed by atoms with Crippen LogP contribution >= 0.6 is 11.8 Å². The van der Waals surface area contributed by atoms with Crippen molar-refractivity contribution in [1.29, 1.82) is 0 Å². The first kappa shape index (κ1) is 13.7. The fraction of sp³-hybridized carbons (Fsp3) is 0.125. The van der Waals surface area contributed by atoms with Crippen molar-refractivity contribution in [1.82, 2.24) is 9.38 Å². The molecule has 21 heavy (non-hydrogen) atoms. The van der Waals surface area contributed by atoms with Crippen LogP contribution in [0.1, 0.15) is 21.7 Å². The number of hydrogen-bond acceptors (Lipinski definition) is 4. The Hall–Kier alpha value is -2.27. The van der Waals surface area contributed by atoms with E-state index in [9.17, 15) is 9.90 Å². The zero-order valence-electron chi connectivity index (χ0n) is 11.4. The number of aromatic nitrogens is 2. The number of aromatic carboxylic acids is 1. The highest BCUT2D eigenvalue weighted by Gasteiger charge is 2.07. The first-order chi connectivity index (χ1) is 10.1. The minimum absolute atomic E-state index is 0.224. The van der Waals surface area contributed by atoms with Crippen LogP contribution in [0.4, 0.5) is 0 Å². The van der Waals surface area contributed by atoms with Crippen molar-refractivity contribution >= 4 is 23.4 Å². The maximum Gasteiger partial charge on any atom is 0.137 e. The summed E-state index contributed by atoms with van der Waals surface area (Å²) >= 11 is 1.45. The Bertz CT molecular complexity index is 811. The molecule has 0 unspecified atom stereocenters. The average molecular weight is 297 g/mol. The molecule has 2 aromatic heterocycles. The summed E-state index contributed by atoms with van der Waals surface area (Å²) in [5.74, 6) is -0.533. The van der Waals surface area contributed by atoms with Gasteiger partial charge in [0.2, 0.25) is 0 Å². The highest BCUT2D eigenvalue weighted by atomic mass is 32.2. The SMILES string of the molecule is Cc1cccc2nc(CSc3ccccc3C(=O)[O-])cn12. The Morgan fingerprint density at radius 2 is 2.05 bits per heavy atom. The highest BCUT2D eigenvalue weighted by molar-refractivity contribution is 7.98. The van der Waals surface area contributed by atoms with E-state index in [1.54, 1.807) is 18.2 Å². The van der Waals surface area contributed by atoms with E-state index in [2.05, 4.69) is 4.98 Å². The van der Waals surface area contributed by atoms with Gasteiger partial charge in [0, 0.05) is 28.1 Å². The summed E-state index contributed by atoms with van der Waals surface area (Å²) < 4.78 is 2.03. The number of fused-ring (bicyclic) bond motifs is 1. The zero-order chi connectivity index (χ0) is 14.8. The van der Waals surface area contributed by atoms with E-state index in [0.717, 1.165) is 17.0 Å². The van der Waals surface area contributed by atoms with E-state index >= 15 is 0 Å². The Kier molecular flexibility index (Phi) is 3.66. The summed E-state index contributed by atoms with van der Waals surface area (Å²) in [4.78, 5) is 16.3. The molecule has 5 heteroatoms. The second kappa shape index (κ2) is 5.61. The van der Waals surface area contributed by atoms with Crippen molar-refractivity contribution < 1.29 is 9.90 Å². The summed E-state index contributed by atoms with van der Waals surface area (Å²) in [6, 6.07) is 12.8. The highest BCUT2D eigenvalue weighted by Crippen LogP contribution is 2.26. The van der Waals surface area contributed by atoms with Crippen molar-refractivity contribution in [3.05, 3.63) is 65.6 Å². The van der Waals surface area contributed by atoms with E-state index in [-0.39, 0.29) is 5.56 Å². The Morgan fingerprint density at radius 3 is 2.81 bits per heavy atom. The lowest BCUT2D eigenvalue weighted by Crippen LogP contribution is -2.22. The second-order valence-corrected chi connectivity index (χ2v) is 5.72. The van der Waals surface area contributed by atoms with Crippen molar-refractivity contribution in [2.75, 3.05) is 0 Å². The summed E-state index contributed by atoms with van der Waals surface area (Å²) in [6.07, 6.45) is 1.99. The third kappa shape index (κ3) is 2.78. The van der Waals surface area contributed by atoms with Gasteiger partial charge in [-0.3, -0.25) is 0 Å². The molecule has 0 aliphatic carbocycles. The van der Waals surface area contributed by atoms with Gasteiger partial charge in [-0.05, 0) is 25.1 Å². The first-order valence-electron chi connectivity index (χ1n) is 6.52. The van der Waals surface area contributed by atoms with Gasteiger partial charge in [0.05, 0.1) is 11.7 Å². The predicted molar refractivity (Wildman–Crippen MR) is 80.3 cm³/mol. The molecule has 0 spiro atoms. The van der Waals surface area contributed by atoms with Crippen LogP contribution in [0, 0.1) is 6.92 Å². The lowest BCUT2D eigenvalue weighted by Gasteiger charge is -2.08. The van der Waals surface area contributed by atoms with Crippen molar-refractivity contribution in [3.8, 4) is 0 Å². The smallest absolute Gasteiger partial charge is 0.137 e. The molecule has 1 aromatic carbocycles. The molecule has 0 aliphatic rings. The van der Waals surface area contributed by atoms with Gasteiger partial charge in [-0.25, -0.2) is 4.98 Å². The number of imidazole rings is 1. The summed E-state index contributed by atoms with van der Waals surface area (Å²) in [7, 11) is 0. The Morgan fingerprint density at radius 1 is 1.24 bits per heavy atom. The number of hydrogen-bond donors (Lipinski definition) is 0. The van der Waals surface area contributed by atoms with Crippen LogP contribution in [0.5, 0.6) is 0 Å². The van der Waals surface area contributed by atoms with Crippen LogP contribution in [0.2, 0.25) is 0 Å².